The molecule has 0 aliphatic carbocycles. The summed E-state index contributed by atoms with van der Waals surface area (Å²) in [4.78, 5) is 161. The van der Waals surface area contributed by atoms with Gasteiger partial charge in [-0.3, -0.25) is 52.7 Å². The average Bonchev–Trinajstić information content (AvgIpc) is 4.11. The Hall–Kier alpha value is -6.48. The third-order valence-corrected chi connectivity index (χ3v) is 14.2. The Balaban J connectivity index is 2.36. The van der Waals surface area contributed by atoms with Crippen LogP contribution in [0.25, 0.3) is 0 Å². The first-order chi connectivity index (χ1) is 36.9. The maximum Gasteiger partial charge on any atom is 0.326 e. The normalized spacial score (nSPS) is 19.8. The number of hydrogen-bond acceptors (Lipinski definition) is 15. The van der Waals surface area contributed by atoms with Crippen molar-refractivity contribution in [1.82, 2.24) is 52.8 Å². The Kier molecular flexibility index (Phi) is 28.8. The van der Waals surface area contributed by atoms with Crippen LogP contribution in [0.15, 0.2) is 0 Å². The lowest BCUT2D eigenvalue weighted by Crippen LogP contribution is -2.63. The van der Waals surface area contributed by atoms with E-state index in [1.54, 1.807) is 55.4 Å². The second-order valence-corrected chi connectivity index (χ2v) is 21.9. The second-order valence-electron chi connectivity index (χ2n) is 21.9. The van der Waals surface area contributed by atoms with E-state index in [9.17, 15) is 72.9 Å². The molecular formula is C52H90N12O15. The molecule has 27 nitrogen and oxygen atoms in total. The number of carbonyl (C=O) groups excluding carboxylic acids is 11. The number of nitrogens with two attached hydrogens (primary N) is 2. The molecule has 0 aromatic rings. The zero-order valence-corrected chi connectivity index (χ0v) is 47.5. The van der Waals surface area contributed by atoms with Crippen LogP contribution in [0.2, 0.25) is 0 Å². The van der Waals surface area contributed by atoms with Gasteiger partial charge >= 0.3 is 5.97 Å². The predicted molar refractivity (Wildman–Crippen MR) is 287 cm³/mol. The minimum absolute atomic E-state index is 0.0146. The quantitative estimate of drug-likeness (QED) is 0.0309. The lowest BCUT2D eigenvalue weighted by Gasteiger charge is -2.32. The van der Waals surface area contributed by atoms with Gasteiger partial charge in [-0.25, -0.2) is 4.79 Å². The Bertz CT molecular complexity index is 2140. The van der Waals surface area contributed by atoms with Crippen LogP contribution in [-0.4, -0.2) is 177 Å². The first-order valence-corrected chi connectivity index (χ1v) is 27.6. The zero-order chi connectivity index (χ0) is 60.0. The van der Waals surface area contributed by atoms with Crippen molar-refractivity contribution in [2.45, 2.75) is 219 Å². The van der Waals surface area contributed by atoms with Gasteiger partial charge in [0, 0.05) is 19.4 Å². The fraction of sp³-hybridized carbons (Fsp3) is 0.769. The average molecular weight is 1120 g/mol. The molecule has 11 amide bonds. The van der Waals surface area contributed by atoms with Gasteiger partial charge in [0.15, 0.2) is 0 Å². The fourth-order valence-corrected chi connectivity index (χ4v) is 9.18. The van der Waals surface area contributed by atoms with Gasteiger partial charge < -0.3 is 79.5 Å². The third-order valence-electron chi connectivity index (χ3n) is 14.2. The van der Waals surface area contributed by atoms with Crippen LogP contribution in [0.4, 0.5) is 0 Å². The Morgan fingerprint density at radius 1 is 0.519 bits per heavy atom. The molecule has 0 spiro atoms. The van der Waals surface area contributed by atoms with E-state index in [4.69, 9.17) is 11.5 Å². The highest BCUT2D eigenvalue weighted by molar-refractivity contribution is 5.99. The van der Waals surface area contributed by atoms with Crippen molar-refractivity contribution in [2.24, 2.45) is 35.1 Å². The van der Waals surface area contributed by atoms with Crippen molar-refractivity contribution in [3.8, 4) is 0 Å². The summed E-state index contributed by atoms with van der Waals surface area (Å²) in [6.07, 6.45) is -1.77. The summed E-state index contributed by atoms with van der Waals surface area (Å²) in [5.74, 6) is -12.1. The summed E-state index contributed by atoms with van der Waals surface area (Å²) in [6, 6.07) is -13.3. The van der Waals surface area contributed by atoms with Crippen LogP contribution < -0.4 is 59.3 Å². The molecule has 2 rings (SSSR count). The minimum Gasteiger partial charge on any atom is -0.480 e. The molecular weight excluding hydrogens is 1030 g/mol. The minimum atomic E-state index is -1.73. The van der Waals surface area contributed by atoms with Crippen LogP contribution in [0.3, 0.4) is 0 Å². The maximum atomic E-state index is 14.2. The number of aliphatic hydroxyl groups excluding tert-OH is 2. The molecule has 14 atom stereocenters. The molecule has 2 fully saturated rings. The van der Waals surface area contributed by atoms with Crippen molar-refractivity contribution in [3.63, 3.8) is 0 Å². The molecule has 2 heterocycles. The Morgan fingerprint density at radius 2 is 0.911 bits per heavy atom. The van der Waals surface area contributed by atoms with E-state index in [2.05, 4.69) is 47.9 Å². The van der Waals surface area contributed by atoms with Gasteiger partial charge in [0.1, 0.15) is 54.4 Å². The molecule has 79 heavy (non-hydrogen) atoms. The highest BCUT2D eigenvalue weighted by atomic mass is 16.4. The zero-order valence-electron chi connectivity index (χ0n) is 47.5. The largest absolute Gasteiger partial charge is 0.480 e. The smallest absolute Gasteiger partial charge is 0.326 e. The number of carboxylic acids is 1. The molecule has 0 aromatic heterocycles. The molecule has 0 bridgehead atoms. The summed E-state index contributed by atoms with van der Waals surface area (Å²) < 4.78 is 0. The molecule has 2 saturated heterocycles. The number of aliphatic hydroxyl groups is 2. The standard InChI is InChI=1S/C52H90N12O15/c1-11-27(7)39(47(73)57-33(18-20-38(54)68)51(77)64-22-14-16-36(64)52(78)79)61-50(76)42(30(10)66)62-46(72)35(24-26(5)6)58-45(71)34(23-25(3)4)59-49(75)41(29(9)65)63-48(74)40(28(8)12-2)60-44(70)32(17-19-37(53)67)56-43(69)31-15-13-21-55-31/h25-36,39-42,55,65-66H,11-24H2,1-10H3,(H2,53,67)(H2,54,68)(H,56,69)(H,57,73)(H,58,71)(H,59,75)(H,60,70)(H,61,76)(H,62,72)(H,63,74)(H,78,79)/t27-,28-,29+,30+,31-,32-,33-,34-,35-,36-,39-,40-,41-,42-/m0/s1. The van der Waals surface area contributed by atoms with Gasteiger partial charge in [-0.05, 0) is 95.4 Å². The van der Waals surface area contributed by atoms with Crippen molar-refractivity contribution in [1.29, 1.82) is 0 Å². The molecule has 0 unspecified atom stereocenters. The van der Waals surface area contributed by atoms with E-state index in [0.717, 1.165) is 11.3 Å². The summed E-state index contributed by atoms with van der Waals surface area (Å²) in [6.45, 7) is 16.8. The molecule has 448 valence electrons. The monoisotopic (exact) mass is 1120 g/mol. The highest BCUT2D eigenvalue weighted by Crippen LogP contribution is 2.21. The van der Waals surface area contributed by atoms with Crippen molar-refractivity contribution in [2.75, 3.05) is 13.1 Å². The summed E-state index contributed by atoms with van der Waals surface area (Å²) in [5, 5.41) is 55.1. The van der Waals surface area contributed by atoms with Gasteiger partial charge in [-0.15, -0.1) is 0 Å². The molecule has 2 aliphatic heterocycles. The van der Waals surface area contributed by atoms with Crippen LogP contribution in [0.1, 0.15) is 146 Å². The number of nitrogens with zero attached hydrogens (tertiary/aromatic N) is 1. The van der Waals surface area contributed by atoms with Gasteiger partial charge in [0.05, 0.1) is 18.2 Å². The van der Waals surface area contributed by atoms with Gasteiger partial charge in [-0.2, -0.15) is 0 Å². The molecule has 0 radical (unpaired) electrons. The third kappa shape index (κ3) is 22.3. The van der Waals surface area contributed by atoms with E-state index in [0.29, 0.717) is 32.2 Å². The maximum absolute atomic E-state index is 14.2. The number of nitrogens with one attached hydrogen (secondary N) is 9. The van der Waals surface area contributed by atoms with E-state index >= 15 is 0 Å². The molecule has 2 aliphatic rings. The van der Waals surface area contributed by atoms with Crippen LogP contribution in [0, 0.1) is 23.7 Å². The number of likely N-dealkylation sites (tertiary alicyclic amines) is 1. The van der Waals surface area contributed by atoms with E-state index in [1.807, 2.05) is 0 Å². The van der Waals surface area contributed by atoms with Crippen LogP contribution in [-0.2, 0) is 57.5 Å². The SMILES string of the molecule is CC[C@H](C)[C@H](NC(=O)[C@H](CCC(N)=O)NC(=O)[C@@H]1CCCN1)C(=O)N[C@H](C(=O)N[C@@H](CC(C)C)C(=O)N[C@@H](CC(C)C)C(=O)N[C@H](C(=O)N[C@H](C(=O)N[C@@H](CCC(N)=O)C(=O)N1CCC[C@H]1C(=O)O)[C@@H](C)CC)[C@@H](C)O)[C@@H](C)O. The lowest BCUT2D eigenvalue weighted by molar-refractivity contribution is -0.149. The van der Waals surface area contributed by atoms with Crippen LogP contribution >= 0.6 is 0 Å². The van der Waals surface area contributed by atoms with E-state index in [1.165, 1.54) is 13.8 Å². The lowest BCUT2D eigenvalue weighted by atomic mass is 9.96. The Morgan fingerprint density at radius 3 is 1.35 bits per heavy atom. The number of carbonyl (C=O) groups is 12. The van der Waals surface area contributed by atoms with Gasteiger partial charge in [-0.1, -0.05) is 68.2 Å². The highest BCUT2D eigenvalue weighted by Gasteiger charge is 2.41. The second kappa shape index (κ2) is 33.2. The summed E-state index contributed by atoms with van der Waals surface area (Å²) in [5.41, 5.74) is 10.7. The number of primary amides is 2. The molecule has 16 N–H and O–H groups in total. The van der Waals surface area contributed by atoms with Crippen molar-refractivity contribution >= 4 is 70.9 Å². The fourth-order valence-electron chi connectivity index (χ4n) is 9.18. The van der Waals surface area contributed by atoms with E-state index in [-0.39, 0.29) is 63.3 Å². The van der Waals surface area contributed by atoms with Gasteiger partial charge in [0.25, 0.3) is 0 Å². The Labute approximate surface area is 462 Å². The molecule has 27 heteroatoms. The topological polar surface area (TPSA) is 429 Å². The number of carboxylic acid groups (broad SMARTS) is 1. The van der Waals surface area contributed by atoms with Crippen molar-refractivity contribution in [3.05, 3.63) is 0 Å². The number of rotatable bonds is 34. The molecule has 0 saturated carbocycles. The summed E-state index contributed by atoms with van der Waals surface area (Å²) >= 11 is 0. The first kappa shape index (κ1) is 68.6. The van der Waals surface area contributed by atoms with Crippen LogP contribution in [0.5, 0.6) is 0 Å². The first-order valence-electron chi connectivity index (χ1n) is 27.6. The van der Waals surface area contributed by atoms with E-state index < -0.39 is 155 Å². The van der Waals surface area contributed by atoms with Crippen molar-refractivity contribution < 1.29 is 72.9 Å². The number of aliphatic carboxylic acids is 1. The summed E-state index contributed by atoms with van der Waals surface area (Å²) in [7, 11) is 0. The van der Waals surface area contributed by atoms with Gasteiger partial charge in [0.2, 0.25) is 65.0 Å². The predicted octanol–water partition coefficient (Wildman–Crippen LogP) is -2.83. The number of hydrogen-bond donors (Lipinski definition) is 14. The molecule has 0 aromatic carbocycles. The number of amides is 11.